The molecule has 3 rings (SSSR count). The molecule has 0 radical (unpaired) electrons. The van der Waals surface area contributed by atoms with Crippen LogP contribution in [-0.2, 0) is 4.79 Å². The van der Waals surface area contributed by atoms with Gasteiger partial charge >= 0.3 is 0 Å². The van der Waals surface area contributed by atoms with Gasteiger partial charge in [-0.3, -0.25) is 9.69 Å². The third-order valence-electron chi connectivity index (χ3n) is 4.11. The van der Waals surface area contributed by atoms with Crippen molar-refractivity contribution in [2.24, 2.45) is 0 Å². The zero-order chi connectivity index (χ0) is 16.9. The lowest BCUT2D eigenvalue weighted by Crippen LogP contribution is -2.48. The van der Waals surface area contributed by atoms with E-state index < -0.39 is 0 Å². The van der Waals surface area contributed by atoms with Crippen molar-refractivity contribution < 1.29 is 9.18 Å². The number of aromatic nitrogens is 1. The number of carbonyl (C=O) groups is 1. The lowest BCUT2D eigenvalue weighted by Gasteiger charge is -2.35. The van der Waals surface area contributed by atoms with Crippen LogP contribution in [0.4, 0.5) is 15.9 Å². The van der Waals surface area contributed by atoms with Gasteiger partial charge in [0.05, 0.1) is 6.54 Å². The first-order chi connectivity index (χ1) is 11.6. The summed E-state index contributed by atoms with van der Waals surface area (Å²) in [6.45, 7) is 5.55. The summed E-state index contributed by atoms with van der Waals surface area (Å²) in [6.07, 6.45) is 1.73. The Morgan fingerprint density at radius 3 is 2.46 bits per heavy atom. The van der Waals surface area contributed by atoms with E-state index >= 15 is 0 Å². The first kappa shape index (κ1) is 16.4. The van der Waals surface area contributed by atoms with E-state index in [1.54, 1.807) is 24.4 Å². The minimum absolute atomic E-state index is 0.0541. The summed E-state index contributed by atoms with van der Waals surface area (Å²) < 4.78 is 13.0. The smallest absolute Gasteiger partial charge is 0.239 e. The Morgan fingerprint density at radius 2 is 1.83 bits per heavy atom. The average Bonchev–Trinajstić information content (AvgIpc) is 2.58. The van der Waals surface area contributed by atoms with E-state index in [1.807, 2.05) is 13.0 Å². The monoisotopic (exact) mass is 328 g/mol. The third-order valence-corrected chi connectivity index (χ3v) is 4.11. The van der Waals surface area contributed by atoms with Gasteiger partial charge < -0.3 is 10.2 Å². The fourth-order valence-corrected chi connectivity index (χ4v) is 2.74. The van der Waals surface area contributed by atoms with Crippen molar-refractivity contribution in [1.29, 1.82) is 0 Å². The predicted octanol–water partition coefficient (Wildman–Crippen LogP) is 2.29. The van der Waals surface area contributed by atoms with Gasteiger partial charge in [0.25, 0.3) is 0 Å². The van der Waals surface area contributed by atoms with Crippen LogP contribution in [-0.4, -0.2) is 48.5 Å². The highest BCUT2D eigenvalue weighted by molar-refractivity contribution is 5.91. The molecule has 6 heteroatoms. The number of nitrogens with zero attached hydrogens (tertiary/aromatic N) is 3. The largest absolute Gasteiger partial charge is 0.369 e. The van der Waals surface area contributed by atoms with Crippen molar-refractivity contribution in [1.82, 2.24) is 9.88 Å². The molecule has 1 amide bonds. The Hall–Kier alpha value is -2.47. The molecule has 1 aliphatic heterocycles. The zero-order valence-electron chi connectivity index (χ0n) is 13.7. The van der Waals surface area contributed by atoms with Crippen molar-refractivity contribution in [3.63, 3.8) is 0 Å². The van der Waals surface area contributed by atoms with Gasteiger partial charge in [0.2, 0.25) is 5.91 Å². The van der Waals surface area contributed by atoms with Crippen LogP contribution in [0.3, 0.4) is 0 Å². The average molecular weight is 328 g/mol. The summed E-state index contributed by atoms with van der Waals surface area (Å²) in [7, 11) is 0. The number of rotatable bonds is 4. The number of benzene rings is 1. The Kier molecular flexibility index (Phi) is 5.05. The normalized spacial score (nSPS) is 15.3. The molecular weight excluding hydrogens is 307 g/mol. The molecule has 1 N–H and O–H groups in total. The highest BCUT2D eigenvalue weighted by atomic mass is 19.1. The number of pyridine rings is 1. The lowest BCUT2D eigenvalue weighted by atomic mass is 10.2. The SMILES string of the molecule is Cc1ccc(NC(=O)CN2CCN(c3ccc(F)cc3)CC2)nc1. The summed E-state index contributed by atoms with van der Waals surface area (Å²) in [4.78, 5) is 20.6. The second-order valence-electron chi connectivity index (χ2n) is 6.01. The van der Waals surface area contributed by atoms with Crippen LogP contribution in [0.1, 0.15) is 5.56 Å². The van der Waals surface area contributed by atoms with E-state index in [0.717, 1.165) is 37.4 Å². The summed E-state index contributed by atoms with van der Waals surface area (Å²) in [5.74, 6) is 0.302. The lowest BCUT2D eigenvalue weighted by molar-refractivity contribution is -0.117. The van der Waals surface area contributed by atoms with E-state index in [0.29, 0.717) is 12.4 Å². The van der Waals surface area contributed by atoms with Gasteiger partial charge in [0, 0.05) is 38.1 Å². The molecule has 0 unspecified atom stereocenters. The molecule has 0 aliphatic carbocycles. The van der Waals surface area contributed by atoms with Gasteiger partial charge in [0.1, 0.15) is 11.6 Å². The molecule has 1 fully saturated rings. The maximum absolute atomic E-state index is 13.0. The van der Waals surface area contributed by atoms with Crippen LogP contribution in [0.15, 0.2) is 42.6 Å². The van der Waals surface area contributed by atoms with Gasteiger partial charge in [-0.1, -0.05) is 6.07 Å². The predicted molar refractivity (Wildman–Crippen MR) is 92.7 cm³/mol. The van der Waals surface area contributed by atoms with E-state index in [1.165, 1.54) is 12.1 Å². The molecule has 0 atom stereocenters. The van der Waals surface area contributed by atoms with E-state index in [9.17, 15) is 9.18 Å². The van der Waals surface area contributed by atoms with Gasteiger partial charge in [-0.2, -0.15) is 0 Å². The number of hydrogen-bond donors (Lipinski definition) is 1. The second kappa shape index (κ2) is 7.40. The molecular formula is C18H21FN4O. The molecule has 0 bridgehead atoms. The molecule has 24 heavy (non-hydrogen) atoms. The van der Waals surface area contributed by atoms with Crippen LogP contribution in [0.2, 0.25) is 0 Å². The molecule has 1 saturated heterocycles. The highest BCUT2D eigenvalue weighted by Gasteiger charge is 2.19. The van der Waals surface area contributed by atoms with Crippen molar-refractivity contribution >= 4 is 17.4 Å². The number of piperazine rings is 1. The Balaban J connectivity index is 1.47. The second-order valence-corrected chi connectivity index (χ2v) is 6.01. The standard InChI is InChI=1S/C18H21FN4O/c1-14-2-7-17(20-12-14)21-18(24)13-22-8-10-23(11-9-22)16-5-3-15(19)4-6-16/h2-7,12H,8-11,13H2,1H3,(H,20,21,24). The van der Waals surface area contributed by atoms with Crippen LogP contribution >= 0.6 is 0 Å². The number of amides is 1. The van der Waals surface area contributed by atoms with Crippen molar-refractivity contribution in [2.45, 2.75) is 6.92 Å². The summed E-state index contributed by atoms with van der Waals surface area (Å²) in [6, 6.07) is 10.3. The van der Waals surface area contributed by atoms with Crippen molar-refractivity contribution in [3.8, 4) is 0 Å². The fraction of sp³-hybridized carbons (Fsp3) is 0.333. The first-order valence-electron chi connectivity index (χ1n) is 8.05. The van der Waals surface area contributed by atoms with Gasteiger partial charge in [-0.05, 0) is 42.8 Å². The summed E-state index contributed by atoms with van der Waals surface area (Å²) in [5, 5.41) is 2.82. The number of hydrogen-bond acceptors (Lipinski definition) is 4. The molecule has 5 nitrogen and oxygen atoms in total. The van der Waals surface area contributed by atoms with Crippen LogP contribution in [0, 0.1) is 12.7 Å². The number of halogens is 1. The molecule has 1 aromatic carbocycles. The number of aryl methyl sites for hydroxylation is 1. The Labute approximate surface area is 141 Å². The van der Waals surface area contributed by atoms with Crippen molar-refractivity contribution in [2.75, 3.05) is 42.9 Å². The quantitative estimate of drug-likeness (QED) is 0.935. The van der Waals surface area contributed by atoms with Gasteiger partial charge in [-0.25, -0.2) is 9.37 Å². The first-order valence-corrected chi connectivity index (χ1v) is 8.05. The highest BCUT2D eigenvalue weighted by Crippen LogP contribution is 2.16. The topological polar surface area (TPSA) is 48.5 Å². The fourth-order valence-electron chi connectivity index (χ4n) is 2.74. The van der Waals surface area contributed by atoms with Gasteiger partial charge in [-0.15, -0.1) is 0 Å². The maximum Gasteiger partial charge on any atom is 0.239 e. The molecule has 126 valence electrons. The van der Waals surface area contributed by atoms with E-state index in [-0.39, 0.29) is 11.7 Å². The minimum atomic E-state index is -0.223. The minimum Gasteiger partial charge on any atom is -0.369 e. The summed E-state index contributed by atoms with van der Waals surface area (Å²) in [5.41, 5.74) is 2.08. The maximum atomic E-state index is 13.0. The number of nitrogens with one attached hydrogen (secondary N) is 1. The summed E-state index contributed by atoms with van der Waals surface area (Å²) >= 11 is 0. The van der Waals surface area contributed by atoms with E-state index in [2.05, 4.69) is 20.1 Å². The molecule has 1 aliphatic rings. The van der Waals surface area contributed by atoms with Crippen LogP contribution < -0.4 is 10.2 Å². The molecule has 2 aromatic rings. The molecule has 1 aromatic heterocycles. The van der Waals surface area contributed by atoms with Crippen molar-refractivity contribution in [3.05, 3.63) is 54.0 Å². The molecule has 2 heterocycles. The van der Waals surface area contributed by atoms with E-state index in [4.69, 9.17) is 0 Å². The van der Waals surface area contributed by atoms with Crippen LogP contribution in [0.25, 0.3) is 0 Å². The number of anilines is 2. The third kappa shape index (κ3) is 4.29. The molecule has 0 saturated carbocycles. The Bertz CT molecular complexity index is 679. The zero-order valence-corrected chi connectivity index (χ0v) is 13.7. The Morgan fingerprint density at radius 1 is 1.12 bits per heavy atom. The number of carbonyl (C=O) groups excluding carboxylic acids is 1. The molecule has 0 spiro atoms. The van der Waals surface area contributed by atoms with Crippen LogP contribution in [0.5, 0.6) is 0 Å². The van der Waals surface area contributed by atoms with Gasteiger partial charge in [0.15, 0.2) is 0 Å².